The predicted molar refractivity (Wildman–Crippen MR) is 66.1 cm³/mol. The molecule has 0 aliphatic rings. The molecule has 0 bridgehead atoms. The molecule has 0 heterocycles. The lowest BCUT2D eigenvalue weighted by atomic mass is 10.1. The van der Waals surface area contributed by atoms with E-state index in [1.807, 2.05) is 13.0 Å². The number of benzene rings is 1. The maximum absolute atomic E-state index is 13.2. The van der Waals surface area contributed by atoms with E-state index in [2.05, 4.69) is 5.32 Å². The molecule has 1 aromatic carbocycles. The normalized spacial score (nSPS) is 12.8. The van der Waals surface area contributed by atoms with Gasteiger partial charge in [0.05, 0.1) is 5.02 Å². The summed E-state index contributed by atoms with van der Waals surface area (Å²) in [5.74, 6) is -0.366. The Labute approximate surface area is 101 Å². The van der Waals surface area contributed by atoms with Crippen LogP contribution in [0.25, 0.3) is 0 Å². The Kier molecular flexibility index (Phi) is 5.74. The molecule has 0 aromatic heterocycles. The summed E-state index contributed by atoms with van der Waals surface area (Å²) < 4.78 is 13.2. The van der Waals surface area contributed by atoms with Crippen LogP contribution in [-0.2, 0) is 0 Å². The maximum atomic E-state index is 13.2. The molecule has 0 aliphatic heterocycles. The molecule has 1 unspecified atom stereocenters. The minimum atomic E-state index is -0.366. The third kappa shape index (κ3) is 4.08. The minimum absolute atomic E-state index is 0.129. The lowest BCUT2D eigenvalue weighted by Crippen LogP contribution is -2.20. The standard InChI is InChI=1S/C12H18ClFN2/c1-9(16-7-3-2-6-15)10-4-5-11(13)12(14)8-10/h4-5,8-9,16H,2-3,6-7,15H2,1H3. The molecule has 0 aliphatic carbocycles. The van der Waals surface area contributed by atoms with Gasteiger partial charge >= 0.3 is 0 Å². The molecule has 0 saturated heterocycles. The number of rotatable bonds is 6. The quantitative estimate of drug-likeness (QED) is 0.756. The Morgan fingerprint density at radius 3 is 2.81 bits per heavy atom. The summed E-state index contributed by atoms with van der Waals surface area (Å²) in [5.41, 5.74) is 6.31. The van der Waals surface area contributed by atoms with Crippen molar-refractivity contribution in [3.8, 4) is 0 Å². The molecule has 0 saturated carbocycles. The lowest BCUT2D eigenvalue weighted by Gasteiger charge is -2.14. The summed E-state index contributed by atoms with van der Waals surface area (Å²) in [4.78, 5) is 0. The van der Waals surface area contributed by atoms with Crippen molar-refractivity contribution in [2.24, 2.45) is 5.73 Å². The van der Waals surface area contributed by atoms with Crippen molar-refractivity contribution < 1.29 is 4.39 Å². The fourth-order valence-corrected chi connectivity index (χ4v) is 1.61. The second-order valence-electron chi connectivity index (χ2n) is 3.85. The van der Waals surface area contributed by atoms with Crippen molar-refractivity contribution in [3.05, 3.63) is 34.6 Å². The molecule has 16 heavy (non-hydrogen) atoms. The molecule has 0 fully saturated rings. The van der Waals surface area contributed by atoms with Crippen LogP contribution < -0.4 is 11.1 Å². The highest BCUT2D eigenvalue weighted by molar-refractivity contribution is 6.30. The Morgan fingerprint density at radius 2 is 2.19 bits per heavy atom. The summed E-state index contributed by atoms with van der Waals surface area (Å²) in [6.07, 6.45) is 2.05. The fraction of sp³-hybridized carbons (Fsp3) is 0.500. The van der Waals surface area contributed by atoms with Gasteiger partial charge in [-0.1, -0.05) is 17.7 Å². The van der Waals surface area contributed by atoms with E-state index in [0.29, 0.717) is 6.54 Å². The number of halogens is 2. The Morgan fingerprint density at radius 1 is 1.44 bits per heavy atom. The Balaban J connectivity index is 2.46. The topological polar surface area (TPSA) is 38.0 Å². The fourth-order valence-electron chi connectivity index (χ4n) is 1.49. The zero-order chi connectivity index (χ0) is 12.0. The van der Waals surface area contributed by atoms with E-state index in [4.69, 9.17) is 17.3 Å². The van der Waals surface area contributed by atoms with Gasteiger partial charge in [-0.3, -0.25) is 0 Å². The Hall–Kier alpha value is -0.640. The van der Waals surface area contributed by atoms with Crippen LogP contribution >= 0.6 is 11.6 Å². The zero-order valence-electron chi connectivity index (χ0n) is 9.47. The first-order chi connectivity index (χ1) is 7.65. The molecule has 0 radical (unpaired) electrons. The van der Waals surface area contributed by atoms with Crippen LogP contribution in [0.2, 0.25) is 5.02 Å². The van der Waals surface area contributed by atoms with E-state index in [-0.39, 0.29) is 16.9 Å². The van der Waals surface area contributed by atoms with Crippen LogP contribution in [0.3, 0.4) is 0 Å². The average molecular weight is 245 g/mol. The smallest absolute Gasteiger partial charge is 0.142 e. The molecule has 2 nitrogen and oxygen atoms in total. The highest BCUT2D eigenvalue weighted by Crippen LogP contribution is 2.19. The summed E-state index contributed by atoms with van der Waals surface area (Å²) in [7, 11) is 0. The Bertz CT molecular complexity index is 331. The minimum Gasteiger partial charge on any atom is -0.330 e. The zero-order valence-corrected chi connectivity index (χ0v) is 10.2. The van der Waals surface area contributed by atoms with Gasteiger partial charge in [0, 0.05) is 6.04 Å². The summed E-state index contributed by atoms with van der Waals surface area (Å²) >= 11 is 5.62. The van der Waals surface area contributed by atoms with Crippen LogP contribution in [0.1, 0.15) is 31.4 Å². The highest BCUT2D eigenvalue weighted by Gasteiger charge is 2.07. The van der Waals surface area contributed by atoms with Crippen molar-refractivity contribution in [2.45, 2.75) is 25.8 Å². The lowest BCUT2D eigenvalue weighted by molar-refractivity contribution is 0.543. The van der Waals surface area contributed by atoms with E-state index in [1.54, 1.807) is 6.07 Å². The van der Waals surface area contributed by atoms with E-state index >= 15 is 0 Å². The van der Waals surface area contributed by atoms with Gasteiger partial charge in [0.1, 0.15) is 5.82 Å². The number of hydrogen-bond acceptors (Lipinski definition) is 2. The molecular formula is C12H18ClFN2. The van der Waals surface area contributed by atoms with Crippen LogP contribution in [-0.4, -0.2) is 13.1 Å². The van der Waals surface area contributed by atoms with Crippen molar-refractivity contribution >= 4 is 11.6 Å². The second kappa shape index (κ2) is 6.84. The first-order valence-electron chi connectivity index (χ1n) is 5.53. The number of nitrogens with one attached hydrogen (secondary N) is 1. The monoisotopic (exact) mass is 244 g/mol. The van der Waals surface area contributed by atoms with Gasteiger partial charge in [-0.15, -0.1) is 0 Å². The molecular weight excluding hydrogens is 227 g/mol. The number of unbranched alkanes of at least 4 members (excludes halogenated alkanes) is 1. The van der Waals surface area contributed by atoms with Gasteiger partial charge in [-0.05, 0) is 50.6 Å². The molecule has 1 aromatic rings. The molecule has 1 atom stereocenters. The third-order valence-corrected chi connectivity index (χ3v) is 2.83. The predicted octanol–water partition coefficient (Wildman–Crippen LogP) is 2.87. The van der Waals surface area contributed by atoms with Gasteiger partial charge in [-0.25, -0.2) is 4.39 Å². The summed E-state index contributed by atoms with van der Waals surface area (Å²) in [6, 6.07) is 5.03. The first-order valence-corrected chi connectivity index (χ1v) is 5.91. The van der Waals surface area contributed by atoms with Crippen LogP contribution in [0, 0.1) is 5.82 Å². The van der Waals surface area contributed by atoms with E-state index < -0.39 is 0 Å². The number of nitrogens with two attached hydrogens (primary N) is 1. The van der Waals surface area contributed by atoms with Crippen LogP contribution in [0.5, 0.6) is 0 Å². The van der Waals surface area contributed by atoms with Crippen LogP contribution in [0.15, 0.2) is 18.2 Å². The SMILES string of the molecule is CC(NCCCCN)c1ccc(Cl)c(F)c1. The van der Waals surface area contributed by atoms with Crippen molar-refractivity contribution in [2.75, 3.05) is 13.1 Å². The molecule has 0 spiro atoms. The third-order valence-electron chi connectivity index (χ3n) is 2.53. The van der Waals surface area contributed by atoms with Gasteiger partial charge in [0.25, 0.3) is 0 Å². The van der Waals surface area contributed by atoms with E-state index in [9.17, 15) is 4.39 Å². The van der Waals surface area contributed by atoms with E-state index in [1.165, 1.54) is 6.07 Å². The molecule has 1 rings (SSSR count). The van der Waals surface area contributed by atoms with E-state index in [0.717, 1.165) is 24.9 Å². The molecule has 90 valence electrons. The van der Waals surface area contributed by atoms with Gasteiger partial charge < -0.3 is 11.1 Å². The summed E-state index contributed by atoms with van der Waals surface area (Å²) in [5, 5.41) is 3.48. The average Bonchev–Trinajstić information content (AvgIpc) is 2.28. The summed E-state index contributed by atoms with van der Waals surface area (Å²) in [6.45, 7) is 3.61. The largest absolute Gasteiger partial charge is 0.330 e. The first kappa shape index (κ1) is 13.4. The van der Waals surface area contributed by atoms with Gasteiger partial charge in [0.15, 0.2) is 0 Å². The van der Waals surface area contributed by atoms with Crippen molar-refractivity contribution in [1.29, 1.82) is 0 Å². The van der Waals surface area contributed by atoms with Crippen LogP contribution in [0.4, 0.5) is 4.39 Å². The van der Waals surface area contributed by atoms with Crippen molar-refractivity contribution in [1.82, 2.24) is 5.32 Å². The molecule has 3 N–H and O–H groups in total. The maximum Gasteiger partial charge on any atom is 0.142 e. The second-order valence-corrected chi connectivity index (χ2v) is 4.25. The number of hydrogen-bond donors (Lipinski definition) is 2. The molecule has 4 heteroatoms. The highest BCUT2D eigenvalue weighted by atomic mass is 35.5. The molecule has 0 amide bonds. The van der Waals surface area contributed by atoms with Gasteiger partial charge in [-0.2, -0.15) is 0 Å². The van der Waals surface area contributed by atoms with Gasteiger partial charge in [0.2, 0.25) is 0 Å². The van der Waals surface area contributed by atoms with Crippen molar-refractivity contribution in [3.63, 3.8) is 0 Å².